The number of ether oxygens (including phenoxy) is 2. The highest BCUT2D eigenvalue weighted by atomic mass is 16.5. The number of amides is 1. The van der Waals surface area contributed by atoms with Crippen molar-refractivity contribution in [2.75, 3.05) is 6.61 Å². The van der Waals surface area contributed by atoms with E-state index < -0.39 is 6.10 Å². The molecule has 0 bridgehead atoms. The number of carbonyl (C=O) groups excluding carboxylic acids is 1. The van der Waals surface area contributed by atoms with E-state index in [0.29, 0.717) is 23.7 Å². The highest BCUT2D eigenvalue weighted by molar-refractivity contribution is 5.84. The number of benzene rings is 2. The molecule has 2 N–H and O–H groups in total. The van der Waals surface area contributed by atoms with Gasteiger partial charge in [0.1, 0.15) is 5.75 Å². The minimum absolute atomic E-state index is 0.0585. The van der Waals surface area contributed by atoms with E-state index in [4.69, 9.17) is 9.47 Å². The molecule has 0 fully saturated rings. The van der Waals surface area contributed by atoms with Gasteiger partial charge in [0.25, 0.3) is 5.91 Å². The molecule has 0 aromatic heterocycles. The summed E-state index contributed by atoms with van der Waals surface area (Å²) in [5.41, 5.74) is 4.24. The molecule has 2 aromatic rings. The first kappa shape index (κ1) is 18.3. The summed E-state index contributed by atoms with van der Waals surface area (Å²) in [6.07, 6.45) is 0.789. The molecule has 0 aliphatic heterocycles. The van der Waals surface area contributed by atoms with Crippen LogP contribution in [0.3, 0.4) is 0 Å². The van der Waals surface area contributed by atoms with Crippen LogP contribution in [0.15, 0.2) is 47.6 Å². The van der Waals surface area contributed by atoms with Crippen LogP contribution in [-0.2, 0) is 4.79 Å². The Labute approximate surface area is 147 Å². The van der Waals surface area contributed by atoms with Crippen LogP contribution < -0.4 is 14.9 Å². The molecule has 6 nitrogen and oxygen atoms in total. The normalized spacial score (nSPS) is 12.0. The zero-order valence-electron chi connectivity index (χ0n) is 14.5. The van der Waals surface area contributed by atoms with Gasteiger partial charge < -0.3 is 14.6 Å². The lowest BCUT2D eigenvalue weighted by molar-refractivity contribution is -0.127. The number of hydrogen-bond acceptors (Lipinski definition) is 5. The van der Waals surface area contributed by atoms with Crippen LogP contribution >= 0.6 is 0 Å². The minimum atomic E-state index is -0.682. The molecule has 1 amide bonds. The molecule has 2 aromatic carbocycles. The number of nitrogens with zero attached hydrogens (tertiary/aromatic N) is 1. The van der Waals surface area contributed by atoms with Gasteiger partial charge in [-0.1, -0.05) is 17.7 Å². The largest absolute Gasteiger partial charge is 0.504 e. The maximum atomic E-state index is 12.0. The molecule has 0 aliphatic carbocycles. The third kappa shape index (κ3) is 5.53. The van der Waals surface area contributed by atoms with Gasteiger partial charge >= 0.3 is 0 Å². The van der Waals surface area contributed by atoms with Crippen molar-refractivity contribution in [1.29, 1.82) is 0 Å². The van der Waals surface area contributed by atoms with Crippen molar-refractivity contribution in [1.82, 2.24) is 5.43 Å². The zero-order chi connectivity index (χ0) is 18.2. The number of phenolic OH excluding ortho intramolecular Hbond substituents is 1. The summed E-state index contributed by atoms with van der Waals surface area (Å²) in [6, 6.07) is 12.3. The van der Waals surface area contributed by atoms with Crippen LogP contribution in [0.25, 0.3) is 0 Å². The summed E-state index contributed by atoms with van der Waals surface area (Å²) in [5.74, 6) is 0.690. The molecule has 1 unspecified atom stereocenters. The molecule has 1 atom stereocenters. The number of aryl methyl sites for hydroxylation is 1. The molecule has 2 rings (SSSR count). The van der Waals surface area contributed by atoms with Gasteiger partial charge in [-0.05, 0) is 56.7 Å². The summed E-state index contributed by atoms with van der Waals surface area (Å²) in [6.45, 7) is 5.90. The van der Waals surface area contributed by atoms with Gasteiger partial charge in [-0.2, -0.15) is 5.10 Å². The van der Waals surface area contributed by atoms with Crippen molar-refractivity contribution in [2.45, 2.75) is 26.9 Å². The molecule has 0 heterocycles. The van der Waals surface area contributed by atoms with Crippen molar-refractivity contribution in [3.8, 4) is 17.2 Å². The predicted molar refractivity (Wildman–Crippen MR) is 96.3 cm³/mol. The second-order valence-corrected chi connectivity index (χ2v) is 5.47. The molecule has 0 saturated heterocycles. The van der Waals surface area contributed by atoms with Gasteiger partial charge in [-0.3, -0.25) is 4.79 Å². The number of hydrogen-bond donors (Lipinski definition) is 2. The van der Waals surface area contributed by atoms with Gasteiger partial charge in [0.05, 0.1) is 12.8 Å². The molecule has 6 heteroatoms. The lowest BCUT2D eigenvalue weighted by Crippen LogP contribution is -2.33. The first-order chi connectivity index (χ1) is 12.0. The second kappa shape index (κ2) is 8.73. The Morgan fingerprint density at radius 3 is 2.68 bits per heavy atom. The van der Waals surface area contributed by atoms with Gasteiger partial charge in [0, 0.05) is 0 Å². The Kier molecular flexibility index (Phi) is 6.39. The molecular formula is C19H22N2O4. The molecule has 0 radical (unpaired) electrons. The highest BCUT2D eigenvalue weighted by Crippen LogP contribution is 2.26. The maximum Gasteiger partial charge on any atom is 0.280 e. The predicted octanol–water partition coefficient (Wildman–Crippen LogP) is 3.02. The Hall–Kier alpha value is -3.02. The summed E-state index contributed by atoms with van der Waals surface area (Å²) >= 11 is 0. The lowest BCUT2D eigenvalue weighted by Gasteiger charge is -2.13. The van der Waals surface area contributed by atoms with Gasteiger partial charge in [0.2, 0.25) is 0 Å². The SMILES string of the molecule is CCOc1cc(C=NNC(=O)C(C)Oc2ccc(C)cc2)ccc1O. The van der Waals surface area contributed by atoms with Gasteiger partial charge in [0.15, 0.2) is 17.6 Å². The van der Waals surface area contributed by atoms with Crippen LogP contribution in [0.5, 0.6) is 17.2 Å². The topological polar surface area (TPSA) is 80.2 Å². The molecule has 25 heavy (non-hydrogen) atoms. The fourth-order valence-corrected chi connectivity index (χ4v) is 2.02. The Morgan fingerprint density at radius 2 is 2.00 bits per heavy atom. The maximum absolute atomic E-state index is 12.0. The van der Waals surface area contributed by atoms with E-state index in [9.17, 15) is 9.90 Å². The average Bonchev–Trinajstić information content (AvgIpc) is 2.59. The number of aromatic hydroxyl groups is 1. The quantitative estimate of drug-likeness (QED) is 0.599. The van der Waals surface area contributed by atoms with Crippen LogP contribution in [-0.4, -0.2) is 29.9 Å². The van der Waals surface area contributed by atoms with Crippen LogP contribution in [0.2, 0.25) is 0 Å². The third-order valence-corrected chi connectivity index (χ3v) is 3.38. The van der Waals surface area contributed by atoms with Crippen molar-refractivity contribution in [2.24, 2.45) is 5.10 Å². The van der Waals surface area contributed by atoms with E-state index in [1.807, 2.05) is 38.1 Å². The molecule has 0 spiro atoms. The van der Waals surface area contributed by atoms with Crippen molar-refractivity contribution in [3.05, 3.63) is 53.6 Å². The molecular weight excluding hydrogens is 320 g/mol. The Balaban J connectivity index is 1.91. The van der Waals surface area contributed by atoms with Gasteiger partial charge in [-0.15, -0.1) is 0 Å². The smallest absolute Gasteiger partial charge is 0.280 e. The zero-order valence-corrected chi connectivity index (χ0v) is 14.5. The van der Waals surface area contributed by atoms with E-state index in [2.05, 4.69) is 10.5 Å². The first-order valence-electron chi connectivity index (χ1n) is 8.01. The first-order valence-corrected chi connectivity index (χ1v) is 8.01. The van der Waals surface area contributed by atoms with E-state index in [1.165, 1.54) is 12.3 Å². The standard InChI is InChI=1S/C19H22N2O4/c1-4-24-18-11-15(7-10-17(18)22)12-20-21-19(23)14(3)25-16-8-5-13(2)6-9-16/h5-12,14,22H,4H2,1-3H3,(H,21,23). The Morgan fingerprint density at radius 1 is 1.28 bits per heavy atom. The highest BCUT2D eigenvalue weighted by Gasteiger charge is 2.13. The van der Waals surface area contributed by atoms with Crippen LogP contribution in [0.1, 0.15) is 25.0 Å². The van der Waals surface area contributed by atoms with Crippen molar-refractivity contribution >= 4 is 12.1 Å². The van der Waals surface area contributed by atoms with Gasteiger partial charge in [-0.25, -0.2) is 5.43 Å². The fourth-order valence-electron chi connectivity index (χ4n) is 2.02. The minimum Gasteiger partial charge on any atom is -0.504 e. The average molecular weight is 342 g/mol. The number of carbonyl (C=O) groups is 1. The lowest BCUT2D eigenvalue weighted by atomic mass is 10.2. The molecule has 0 saturated carbocycles. The summed E-state index contributed by atoms with van der Waals surface area (Å²) in [7, 11) is 0. The fraction of sp³-hybridized carbons (Fsp3) is 0.263. The summed E-state index contributed by atoms with van der Waals surface area (Å²) < 4.78 is 10.9. The van der Waals surface area contributed by atoms with Crippen molar-refractivity contribution in [3.63, 3.8) is 0 Å². The Bertz CT molecular complexity index is 742. The van der Waals surface area contributed by atoms with E-state index in [-0.39, 0.29) is 11.7 Å². The second-order valence-electron chi connectivity index (χ2n) is 5.47. The van der Waals surface area contributed by atoms with Crippen LogP contribution in [0, 0.1) is 6.92 Å². The van der Waals surface area contributed by atoms with Crippen LogP contribution in [0.4, 0.5) is 0 Å². The molecule has 0 aliphatic rings. The van der Waals surface area contributed by atoms with Crippen molar-refractivity contribution < 1.29 is 19.4 Å². The summed E-state index contributed by atoms with van der Waals surface area (Å²) in [4.78, 5) is 12.0. The number of hydrazone groups is 1. The number of phenols is 1. The summed E-state index contributed by atoms with van der Waals surface area (Å²) in [5, 5.41) is 13.6. The van der Waals surface area contributed by atoms with E-state index >= 15 is 0 Å². The number of rotatable bonds is 7. The third-order valence-electron chi connectivity index (χ3n) is 3.38. The number of nitrogens with one attached hydrogen (secondary N) is 1. The van der Waals surface area contributed by atoms with E-state index in [1.54, 1.807) is 19.1 Å². The monoisotopic (exact) mass is 342 g/mol. The van der Waals surface area contributed by atoms with E-state index in [0.717, 1.165) is 5.56 Å². The molecule has 132 valence electrons.